The van der Waals surface area contributed by atoms with Crippen LogP contribution >= 0.6 is 11.6 Å². The highest BCUT2D eigenvalue weighted by atomic mass is 35.5. The molecule has 3 aromatic rings. The Bertz CT molecular complexity index is 804. The van der Waals surface area contributed by atoms with Gasteiger partial charge in [0.05, 0.1) is 5.69 Å². The Morgan fingerprint density at radius 3 is 2.64 bits per heavy atom. The van der Waals surface area contributed by atoms with Crippen LogP contribution in [0.5, 0.6) is 5.75 Å². The van der Waals surface area contributed by atoms with Crippen molar-refractivity contribution >= 4 is 22.5 Å². The predicted octanol–water partition coefficient (Wildman–Crippen LogP) is 5.76. The van der Waals surface area contributed by atoms with Crippen LogP contribution in [0.25, 0.3) is 10.9 Å². The number of hydrogen-bond acceptors (Lipinski definition) is 1. The van der Waals surface area contributed by atoms with E-state index in [9.17, 15) is 0 Å². The minimum Gasteiger partial charge on any atom is -0.487 e. The van der Waals surface area contributed by atoms with Crippen molar-refractivity contribution in [2.24, 2.45) is 0 Å². The molecule has 0 amide bonds. The lowest BCUT2D eigenvalue weighted by atomic mass is 10.2. The summed E-state index contributed by atoms with van der Waals surface area (Å²) in [7, 11) is 0. The molecule has 3 heteroatoms. The SMILES string of the molecule is Cc1ccc2c(c1)cc(COc1cccc(Cl)c1)n2C(C)C. The van der Waals surface area contributed by atoms with Crippen LogP contribution in [-0.4, -0.2) is 4.57 Å². The number of ether oxygens (including phenoxy) is 1. The van der Waals surface area contributed by atoms with Gasteiger partial charge in [-0.3, -0.25) is 0 Å². The number of fused-ring (bicyclic) bond motifs is 1. The summed E-state index contributed by atoms with van der Waals surface area (Å²) in [5.74, 6) is 0.796. The number of benzene rings is 2. The van der Waals surface area contributed by atoms with Gasteiger partial charge in [0.2, 0.25) is 0 Å². The van der Waals surface area contributed by atoms with Gasteiger partial charge in [0.1, 0.15) is 12.4 Å². The van der Waals surface area contributed by atoms with Gasteiger partial charge in [-0.05, 0) is 57.2 Å². The van der Waals surface area contributed by atoms with Crippen LogP contribution in [0.2, 0.25) is 5.02 Å². The number of nitrogens with zero attached hydrogens (tertiary/aromatic N) is 1. The molecule has 2 aromatic carbocycles. The molecule has 22 heavy (non-hydrogen) atoms. The number of aryl methyl sites for hydroxylation is 1. The fourth-order valence-corrected chi connectivity index (χ4v) is 3.03. The summed E-state index contributed by atoms with van der Waals surface area (Å²) in [6, 6.07) is 16.7. The second-order valence-corrected chi connectivity index (χ2v) is 6.34. The molecule has 0 unspecified atom stereocenters. The van der Waals surface area contributed by atoms with Gasteiger partial charge in [-0.15, -0.1) is 0 Å². The Labute approximate surface area is 136 Å². The monoisotopic (exact) mass is 313 g/mol. The number of halogens is 1. The Kier molecular flexibility index (Phi) is 4.12. The van der Waals surface area contributed by atoms with Gasteiger partial charge < -0.3 is 9.30 Å². The van der Waals surface area contributed by atoms with Gasteiger partial charge >= 0.3 is 0 Å². The zero-order valence-corrected chi connectivity index (χ0v) is 13.9. The molecule has 3 rings (SSSR count). The smallest absolute Gasteiger partial charge is 0.128 e. The van der Waals surface area contributed by atoms with Crippen LogP contribution in [0.1, 0.15) is 31.1 Å². The third-order valence-corrected chi connectivity index (χ3v) is 4.01. The highest BCUT2D eigenvalue weighted by molar-refractivity contribution is 6.30. The Balaban J connectivity index is 1.94. The van der Waals surface area contributed by atoms with Crippen LogP contribution < -0.4 is 4.74 Å². The lowest BCUT2D eigenvalue weighted by Crippen LogP contribution is -2.08. The highest BCUT2D eigenvalue weighted by Gasteiger charge is 2.12. The van der Waals surface area contributed by atoms with Gasteiger partial charge in [0, 0.05) is 22.0 Å². The Hall–Kier alpha value is -1.93. The topological polar surface area (TPSA) is 14.2 Å². The molecule has 0 bridgehead atoms. The first kappa shape index (κ1) is 15.0. The van der Waals surface area contributed by atoms with E-state index in [0.717, 1.165) is 5.75 Å². The number of rotatable bonds is 4. The molecule has 0 fully saturated rings. The van der Waals surface area contributed by atoms with E-state index in [1.165, 1.54) is 22.2 Å². The Morgan fingerprint density at radius 1 is 1.09 bits per heavy atom. The summed E-state index contributed by atoms with van der Waals surface area (Å²) in [6.07, 6.45) is 0. The van der Waals surface area contributed by atoms with E-state index in [4.69, 9.17) is 16.3 Å². The third kappa shape index (κ3) is 2.97. The van der Waals surface area contributed by atoms with Crippen molar-refractivity contribution in [1.29, 1.82) is 0 Å². The van der Waals surface area contributed by atoms with Gasteiger partial charge in [-0.1, -0.05) is 29.3 Å². The maximum Gasteiger partial charge on any atom is 0.128 e. The molecular weight excluding hydrogens is 294 g/mol. The molecule has 2 nitrogen and oxygen atoms in total. The maximum atomic E-state index is 6.00. The number of aromatic nitrogens is 1. The Morgan fingerprint density at radius 2 is 1.91 bits per heavy atom. The van der Waals surface area contributed by atoms with Gasteiger partial charge in [0.25, 0.3) is 0 Å². The summed E-state index contributed by atoms with van der Waals surface area (Å²) in [5, 5.41) is 1.95. The first-order valence-electron chi connectivity index (χ1n) is 7.53. The average molecular weight is 314 g/mol. The van der Waals surface area contributed by atoms with Gasteiger partial charge in [-0.25, -0.2) is 0 Å². The van der Waals surface area contributed by atoms with Crippen molar-refractivity contribution in [2.75, 3.05) is 0 Å². The lowest BCUT2D eigenvalue weighted by Gasteiger charge is -2.15. The quantitative estimate of drug-likeness (QED) is 0.597. The molecule has 0 aliphatic rings. The van der Waals surface area contributed by atoms with E-state index < -0.39 is 0 Å². The molecule has 0 radical (unpaired) electrons. The molecule has 0 aliphatic carbocycles. The van der Waals surface area contributed by atoms with Crippen molar-refractivity contribution in [3.63, 3.8) is 0 Å². The van der Waals surface area contributed by atoms with Gasteiger partial charge in [0.15, 0.2) is 0 Å². The van der Waals surface area contributed by atoms with Crippen molar-refractivity contribution < 1.29 is 4.74 Å². The maximum absolute atomic E-state index is 6.00. The van der Waals surface area contributed by atoms with Crippen LogP contribution in [0, 0.1) is 6.92 Å². The largest absolute Gasteiger partial charge is 0.487 e. The molecule has 0 saturated carbocycles. The molecule has 0 N–H and O–H groups in total. The summed E-state index contributed by atoms with van der Waals surface area (Å²) in [6.45, 7) is 7.05. The zero-order valence-electron chi connectivity index (χ0n) is 13.1. The van der Waals surface area contributed by atoms with E-state index in [1.54, 1.807) is 0 Å². The van der Waals surface area contributed by atoms with E-state index in [1.807, 2.05) is 24.3 Å². The molecule has 114 valence electrons. The summed E-state index contributed by atoms with van der Waals surface area (Å²) in [4.78, 5) is 0. The van der Waals surface area contributed by atoms with E-state index >= 15 is 0 Å². The molecule has 0 saturated heterocycles. The van der Waals surface area contributed by atoms with Crippen molar-refractivity contribution in [1.82, 2.24) is 4.57 Å². The summed E-state index contributed by atoms with van der Waals surface area (Å²) < 4.78 is 8.25. The van der Waals surface area contributed by atoms with Crippen LogP contribution in [0.15, 0.2) is 48.5 Å². The van der Waals surface area contributed by atoms with Crippen molar-refractivity contribution in [3.8, 4) is 5.75 Å². The standard InChI is InChI=1S/C19H20ClNO/c1-13(2)21-17(10-15-9-14(3)7-8-19(15)21)12-22-18-6-4-5-16(20)11-18/h4-11,13H,12H2,1-3H3. The van der Waals surface area contributed by atoms with Crippen LogP contribution in [-0.2, 0) is 6.61 Å². The zero-order chi connectivity index (χ0) is 15.7. The first-order valence-corrected chi connectivity index (χ1v) is 7.91. The summed E-state index contributed by atoms with van der Waals surface area (Å²) >= 11 is 6.00. The predicted molar refractivity (Wildman–Crippen MR) is 92.8 cm³/mol. The molecule has 0 aliphatic heterocycles. The average Bonchev–Trinajstić information content (AvgIpc) is 2.82. The molecule has 1 aromatic heterocycles. The van der Waals surface area contributed by atoms with Crippen LogP contribution in [0.3, 0.4) is 0 Å². The van der Waals surface area contributed by atoms with Gasteiger partial charge in [-0.2, -0.15) is 0 Å². The fraction of sp³-hybridized carbons (Fsp3) is 0.263. The minimum atomic E-state index is 0.387. The molecule has 0 atom stereocenters. The number of hydrogen-bond donors (Lipinski definition) is 0. The lowest BCUT2D eigenvalue weighted by molar-refractivity contribution is 0.293. The molecular formula is C19H20ClNO. The van der Waals surface area contributed by atoms with E-state index in [-0.39, 0.29) is 0 Å². The van der Waals surface area contributed by atoms with E-state index in [0.29, 0.717) is 17.7 Å². The van der Waals surface area contributed by atoms with Crippen molar-refractivity contribution in [3.05, 3.63) is 64.8 Å². The van der Waals surface area contributed by atoms with Crippen molar-refractivity contribution in [2.45, 2.75) is 33.4 Å². The van der Waals surface area contributed by atoms with E-state index in [2.05, 4.69) is 49.6 Å². The normalized spacial score (nSPS) is 11.3. The molecule has 1 heterocycles. The highest BCUT2D eigenvalue weighted by Crippen LogP contribution is 2.26. The first-order chi connectivity index (χ1) is 10.5. The third-order valence-electron chi connectivity index (χ3n) is 3.77. The molecule has 0 spiro atoms. The minimum absolute atomic E-state index is 0.387. The van der Waals surface area contributed by atoms with Crippen LogP contribution in [0.4, 0.5) is 0 Å². The second kappa shape index (κ2) is 6.05. The second-order valence-electron chi connectivity index (χ2n) is 5.91. The summed E-state index contributed by atoms with van der Waals surface area (Å²) in [5.41, 5.74) is 3.71. The fourth-order valence-electron chi connectivity index (χ4n) is 2.85.